The Labute approximate surface area is 85.7 Å². The fraction of sp³-hybridized carbons (Fsp3) is 0.500. The van der Waals surface area contributed by atoms with E-state index in [0.717, 1.165) is 19.5 Å². The SMILES string of the molecule is Cc1cccc(C)c1N1CCC(N)C1. The molecule has 0 spiro atoms. The van der Waals surface area contributed by atoms with Gasteiger partial charge in [-0.15, -0.1) is 0 Å². The molecule has 1 unspecified atom stereocenters. The largest absolute Gasteiger partial charge is 0.369 e. The maximum atomic E-state index is 5.92. The zero-order valence-corrected chi connectivity index (χ0v) is 8.96. The van der Waals surface area contributed by atoms with Crippen LogP contribution in [0.3, 0.4) is 0 Å². The molecule has 0 saturated carbocycles. The van der Waals surface area contributed by atoms with Crippen LogP contribution in [0, 0.1) is 13.8 Å². The van der Waals surface area contributed by atoms with Crippen molar-refractivity contribution in [3.05, 3.63) is 29.3 Å². The lowest BCUT2D eigenvalue weighted by molar-refractivity contribution is 0.752. The van der Waals surface area contributed by atoms with E-state index >= 15 is 0 Å². The van der Waals surface area contributed by atoms with Gasteiger partial charge in [-0.2, -0.15) is 0 Å². The van der Waals surface area contributed by atoms with Crippen molar-refractivity contribution in [2.75, 3.05) is 18.0 Å². The van der Waals surface area contributed by atoms with E-state index in [0.29, 0.717) is 6.04 Å². The molecule has 76 valence electrons. The van der Waals surface area contributed by atoms with Crippen LogP contribution in [0.1, 0.15) is 17.5 Å². The van der Waals surface area contributed by atoms with Gasteiger partial charge in [0.15, 0.2) is 0 Å². The molecular weight excluding hydrogens is 172 g/mol. The third-order valence-corrected chi connectivity index (χ3v) is 2.98. The Kier molecular flexibility index (Phi) is 2.46. The summed E-state index contributed by atoms with van der Waals surface area (Å²) < 4.78 is 0. The number of aryl methyl sites for hydroxylation is 2. The molecule has 0 aromatic heterocycles. The Bertz CT molecular complexity index is 313. The van der Waals surface area contributed by atoms with Crippen molar-refractivity contribution in [1.82, 2.24) is 0 Å². The predicted molar refractivity (Wildman–Crippen MR) is 60.7 cm³/mol. The van der Waals surface area contributed by atoms with E-state index in [9.17, 15) is 0 Å². The van der Waals surface area contributed by atoms with Crippen molar-refractivity contribution in [2.24, 2.45) is 5.73 Å². The quantitative estimate of drug-likeness (QED) is 0.732. The summed E-state index contributed by atoms with van der Waals surface area (Å²) in [4.78, 5) is 2.41. The Balaban J connectivity index is 2.31. The average molecular weight is 190 g/mol. The Morgan fingerprint density at radius 3 is 2.43 bits per heavy atom. The Hall–Kier alpha value is -1.02. The summed E-state index contributed by atoms with van der Waals surface area (Å²) >= 11 is 0. The highest BCUT2D eigenvalue weighted by molar-refractivity contribution is 5.59. The highest BCUT2D eigenvalue weighted by atomic mass is 15.2. The van der Waals surface area contributed by atoms with Crippen molar-refractivity contribution in [3.8, 4) is 0 Å². The molecule has 0 amide bonds. The molecule has 1 aliphatic rings. The number of benzene rings is 1. The average Bonchev–Trinajstić information content (AvgIpc) is 2.51. The van der Waals surface area contributed by atoms with Gasteiger partial charge in [0, 0.05) is 24.8 Å². The summed E-state index contributed by atoms with van der Waals surface area (Å²) in [6, 6.07) is 6.82. The second-order valence-electron chi connectivity index (χ2n) is 4.24. The van der Waals surface area contributed by atoms with Gasteiger partial charge in [-0.1, -0.05) is 18.2 Å². The first kappa shape index (κ1) is 9.53. The first-order valence-corrected chi connectivity index (χ1v) is 5.25. The third kappa shape index (κ3) is 1.62. The van der Waals surface area contributed by atoms with E-state index in [4.69, 9.17) is 5.73 Å². The number of nitrogens with zero attached hydrogens (tertiary/aromatic N) is 1. The molecule has 2 rings (SSSR count). The van der Waals surface area contributed by atoms with E-state index in [1.165, 1.54) is 16.8 Å². The van der Waals surface area contributed by atoms with E-state index < -0.39 is 0 Å². The molecule has 2 N–H and O–H groups in total. The topological polar surface area (TPSA) is 29.3 Å². The van der Waals surface area contributed by atoms with E-state index in [1.54, 1.807) is 0 Å². The van der Waals surface area contributed by atoms with Crippen molar-refractivity contribution in [2.45, 2.75) is 26.3 Å². The van der Waals surface area contributed by atoms with Gasteiger partial charge in [0.25, 0.3) is 0 Å². The zero-order chi connectivity index (χ0) is 10.1. The lowest BCUT2D eigenvalue weighted by atomic mass is 10.1. The summed E-state index contributed by atoms with van der Waals surface area (Å²) in [6.45, 7) is 6.46. The molecule has 0 radical (unpaired) electrons. The van der Waals surface area contributed by atoms with Crippen LogP contribution in [0.25, 0.3) is 0 Å². The fourth-order valence-corrected chi connectivity index (χ4v) is 2.29. The van der Waals surface area contributed by atoms with Gasteiger partial charge in [0.2, 0.25) is 0 Å². The molecule has 1 saturated heterocycles. The summed E-state index contributed by atoms with van der Waals surface area (Å²) in [6.07, 6.45) is 1.12. The Morgan fingerprint density at radius 2 is 1.93 bits per heavy atom. The predicted octanol–water partition coefficient (Wildman–Crippen LogP) is 1.84. The first-order chi connectivity index (χ1) is 6.68. The molecule has 1 heterocycles. The van der Waals surface area contributed by atoms with Crippen LogP contribution in [-0.2, 0) is 0 Å². The van der Waals surface area contributed by atoms with Gasteiger partial charge in [0.05, 0.1) is 0 Å². The van der Waals surface area contributed by atoms with Crippen LogP contribution in [0.2, 0.25) is 0 Å². The van der Waals surface area contributed by atoms with Crippen molar-refractivity contribution in [1.29, 1.82) is 0 Å². The molecule has 2 nitrogen and oxygen atoms in total. The molecule has 0 bridgehead atoms. The lowest BCUT2D eigenvalue weighted by Crippen LogP contribution is -2.27. The Morgan fingerprint density at radius 1 is 1.29 bits per heavy atom. The minimum atomic E-state index is 0.356. The maximum Gasteiger partial charge on any atom is 0.0426 e. The fourth-order valence-electron chi connectivity index (χ4n) is 2.29. The first-order valence-electron chi connectivity index (χ1n) is 5.25. The van der Waals surface area contributed by atoms with Gasteiger partial charge in [-0.3, -0.25) is 0 Å². The molecule has 1 aromatic rings. The van der Waals surface area contributed by atoms with Gasteiger partial charge in [0.1, 0.15) is 0 Å². The smallest absolute Gasteiger partial charge is 0.0426 e. The second kappa shape index (κ2) is 3.62. The van der Waals surface area contributed by atoms with Crippen LogP contribution in [0.15, 0.2) is 18.2 Å². The molecule has 1 aromatic carbocycles. The molecule has 1 atom stereocenters. The number of rotatable bonds is 1. The summed E-state index contributed by atoms with van der Waals surface area (Å²) in [5.74, 6) is 0. The maximum absolute atomic E-state index is 5.92. The molecule has 0 aliphatic carbocycles. The molecule has 1 fully saturated rings. The number of hydrogen-bond donors (Lipinski definition) is 1. The van der Waals surface area contributed by atoms with Gasteiger partial charge in [-0.25, -0.2) is 0 Å². The van der Waals surface area contributed by atoms with E-state index in [1.807, 2.05) is 0 Å². The van der Waals surface area contributed by atoms with Gasteiger partial charge >= 0.3 is 0 Å². The minimum absolute atomic E-state index is 0.356. The van der Waals surface area contributed by atoms with E-state index in [-0.39, 0.29) is 0 Å². The standard InChI is InChI=1S/C12H18N2/c1-9-4-3-5-10(2)12(9)14-7-6-11(13)8-14/h3-5,11H,6-8,13H2,1-2H3. The number of para-hydroxylation sites is 1. The molecule has 14 heavy (non-hydrogen) atoms. The zero-order valence-electron chi connectivity index (χ0n) is 8.96. The number of hydrogen-bond acceptors (Lipinski definition) is 2. The monoisotopic (exact) mass is 190 g/mol. The molecule has 1 aliphatic heterocycles. The van der Waals surface area contributed by atoms with Crippen LogP contribution < -0.4 is 10.6 Å². The van der Waals surface area contributed by atoms with Crippen LogP contribution in [-0.4, -0.2) is 19.1 Å². The summed E-state index contributed by atoms with van der Waals surface area (Å²) in [5.41, 5.74) is 10.0. The summed E-state index contributed by atoms with van der Waals surface area (Å²) in [7, 11) is 0. The second-order valence-corrected chi connectivity index (χ2v) is 4.24. The van der Waals surface area contributed by atoms with E-state index in [2.05, 4.69) is 36.9 Å². The number of anilines is 1. The van der Waals surface area contributed by atoms with Crippen LogP contribution in [0.4, 0.5) is 5.69 Å². The van der Waals surface area contributed by atoms with Crippen molar-refractivity contribution >= 4 is 5.69 Å². The van der Waals surface area contributed by atoms with Crippen molar-refractivity contribution in [3.63, 3.8) is 0 Å². The lowest BCUT2D eigenvalue weighted by Gasteiger charge is -2.22. The summed E-state index contributed by atoms with van der Waals surface area (Å²) in [5, 5.41) is 0. The minimum Gasteiger partial charge on any atom is -0.369 e. The normalized spacial score (nSPS) is 21.6. The van der Waals surface area contributed by atoms with Gasteiger partial charge in [-0.05, 0) is 31.4 Å². The van der Waals surface area contributed by atoms with Gasteiger partial charge < -0.3 is 10.6 Å². The van der Waals surface area contributed by atoms with Crippen LogP contribution >= 0.6 is 0 Å². The van der Waals surface area contributed by atoms with Crippen LogP contribution in [0.5, 0.6) is 0 Å². The number of nitrogens with two attached hydrogens (primary N) is 1. The third-order valence-electron chi connectivity index (χ3n) is 2.98. The molecular formula is C12H18N2. The van der Waals surface area contributed by atoms with Crippen molar-refractivity contribution < 1.29 is 0 Å². The highest BCUT2D eigenvalue weighted by Gasteiger charge is 2.21. The highest BCUT2D eigenvalue weighted by Crippen LogP contribution is 2.27. The molecule has 2 heteroatoms.